The molecule has 4 fully saturated rings. The van der Waals surface area contributed by atoms with Gasteiger partial charge in [0, 0.05) is 65.9 Å². The van der Waals surface area contributed by atoms with Gasteiger partial charge in [-0.05, 0) is 56.3 Å². The lowest BCUT2D eigenvalue weighted by Crippen LogP contribution is -2.51. The molecule has 11 heteroatoms. The number of anilines is 1. The molecule has 4 aliphatic rings. The van der Waals surface area contributed by atoms with Crippen molar-refractivity contribution in [1.29, 1.82) is 0 Å². The Kier molecular flexibility index (Phi) is 6.29. The summed E-state index contributed by atoms with van der Waals surface area (Å²) in [5, 5.41) is 14.8. The number of aromatic nitrogens is 2. The van der Waals surface area contributed by atoms with E-state index in [0.717, 1.165) is 50.0 Å². The van der Waals surface area contributed by atoms with Crippen LogP contribution in [0.1, 0.15) is 43.6 Å². The van der Waals surface area contributed by atoms with Crippen LogP contribution in [0.3, 0.4) is 0 Å². The molecule has 3 saturated heterocycles. The normalized spacial score (nSPS) is 26.1. The predicted molar refractivity (Wildman–Crippen MR) is 147 cm³/mol. The summed E-state index contributed by atoms with van der Waals surface area (Å²) >= 11 is 6.49. The standard InChI is InChI=1S/C29H31ClF3N5O2/c1-37-14-29(32,33)9-18(37)13-40-24-8-23(38-11-16-4-5-17(12-38)35-16)21-10-34-27(26(31)28(21)36-24)20-6-19(39)7-22(30)25(20)15-2-3-15/h6-8,10,15-18,35,39H,2-5,9,11-14H2,1H3/t16?,17?,18-/m0/s1. The lowest BCUT2D eigenvalue weighted by molar-refractivity contribution is 0.0137. The molecule has 3 aliphatic heterocycles. The summed E-state index contributed by atoms with van der Waals surface area (Å²) in [4.78, 5) is 12.9. The highest BCUT2D eigenvalue weighted by Crippen LogP contribution is 2.49. The molecule has 1 aliphatic carbocycles. The van der Waals surface area contributed by atoms with Crippen molar-refractivity contribution in [2.24, 2.45) is 0 Å². The summed E-state index contributed by atoms with van der Waals surface area (Å²) in [6.07, 6.45) is 5.36. The fourth-order valence-electron chi connectivity index (χ4n) is 6.64. The molecule has 2 bridgehead atoms. The number of likely N-dealkylation sites (N-methyl/N-ethyl adjacent to an activating group) is 1. The average molecular weight is 574 g/mol. The van der Waals surface area contributed by atoms with Crippen molar-refractivity contribution in [2.45, 2.75) is 62.1 Å². The number of phenolic OH excluding ortho intramolecular Hbond substituents is 1. The van der Waals surface area contributed by atoms with Gasteiger partial charge in [0.15, 0.2) is 5.82 Å². The Morgan fingerprint density at radius 1 is 1.15 bits per heavy atom. The van der Waals surface area contributed by atoms with Crippen molar-refractivity contribution >= 4 is 28.2 Å². The Morgan fingerprint density at radius 2 is 1.90 bits per heavy atom. The van der Waals surface area contributed by atoms with Crippen LogP contribution in [0.25, 0.3) is 22.2 Å². The summed E-state index contributed by atoms with van der Waals surface area (Å²) in [6.45, 7) is 1.21. The van der Waals surface area contributed by atoms with Crippen molar-refractivity contribution in [2.75, 3.05) is 38.2 Å². The van der Waals surface area contributed by atoms with Crippen LogP contribution in [-0.2, 0) is 0 Å². The third-order valence-corrected chi connectivity index (χ3v) is 9.04. The van der Waals surface area contributed by atoms with Gasteiger partial charge in [0.25, 0.3) is 5.92 Å². The van der Waals surface area contributed by atoms with E-state index in [2.05, 4.69) is 20.2 Å². The minimum atomic E-state index is -2.76. The number of pyridine rings is 2. The van der Waals surface area contributed by atoms with Crippen molar-refractivity contribution in [1.82, 2.24) is 20.2 Å². The van der Waals surface area contributed by atoms with Gasteiger partial charge in [0.05, 0.1) is 12.2 Å². The summed E-state index contributed by atoms with van der Waals surface area (Å²) in [6, 6.07) is 4.97. The largest absolute Gasteiger partial charge is 0.508 e. The fourth-order valence-corrected chi connectivity index (χ4v) is 7.01. The maximum Gasteiger partial charge on any atom is 0.262 e. The monoisotopic (exact) mass is 573 g/mol. The van der Waals surface area contributed by atoms with Crippen molar-refractivity contribution in [3.05, 3.63) is 40.8 Å². The number of rotatable bonds is 6. The molecule has 2 unspecified atom stereocenters. The van der Waals surface area contributed by atoms with E-state index in [0.29, 0.717) is 28.1 Å². The van der Waals surface area contributed by atoms with Gasteiger partial charge < -0.3 is 20.1 Å². The lowest BCUT2D eigenvalue weighted by Gasteiger charge is -2.35. The number of benzene rings is 1. The Morgan fingerprint density at radius 3 is 2.58 bits per heavy atom. The van der Waals surface area contributed by atoms with Crippen molar-refractivity contribution in [3.8, 4) is 22.9 Å². The molecule has 1 saturated carbocycles. The molecule has 0 spiro atoms. The van der Waals surface area contributed by atoms with E-state index in [1.807, 2.05) is 0 Å². The first-order valence-electron chi connectivity index (χ1n) is 13.9. The summed E-state index contributed by atoms with van der Waals surface area (Å²) < 4.78 is 50.4. The molecule has 2 aromatic heterocycles. The molecule has 7 rings (SSSR count). The Hall–Kier alpha value is -2.82. The molecule has 7 nitrogen and oxygen atoms in total. The van der Waals surface area contributed by atoms with Crippen LogP contribution in [-0.4, -0.2) is 77.3 Å². The average Bonchev–Trinajstić information content (AvgIpc) is 3.62. The van der Waals surface area contributed by atoms with Gasteiger partial charge in [-0.3, -0.25) is 9.88 Å². The molecule has 2 N–H and O–H groups in total. The van der Waals surface area contributed by atoms with Gasteiger partial charge in [0.2, 0.25) is 5.88 Å². The number of fused-ring (bicyclic) bond motifs is 3. The topological polar surface area (TPSA) is 73.8 Å². The number of piperazine rings is 1. The number of nitrogens with zero attached hydrogens (tertiary/aromatic N) is 4. The first-order chi connectivity index (χ1) is 19.1. The number of phenols is 1. The maximum absolute atomic E-state index is 16.4. The second-order valence-electron chi connectivity index (χ2n) is 11.8. The van der Waals surface area contributed by atoms with Crippen LogP contribution in [0.5, 0.6) is 11.6 Å². The van der Waals surface area contributed by atoms with Crippen LogP contribution in [0.15, 0.2) is 24.4 Å². The van der Waals surface area contributed by atoms with Crippen LogP contribution in [0, 0.1) is 5.82 Å². The number of nitrogens with one attached hydrogen (secondary N) is 1. The molecule has 3 atom stereocenters. The Labute approximate surface area is 235 Å². The molecule has 3 aromatic rings. The van der Waals surface area contributed by atoms with E-state index in [4.69, 9.17) is 16.3 Å². The zero-order chi connectivity index (χ0) is 27.8. The zero-order valence-corrected chi connectivity index (χ0v) is 22.9. The molecular formula is C29H31ClF3N5O2. The second-order valence-corrected chi connectivity index (χ2v) is 12.2. The molecule has 5 heterocycles. The number of halogens is 4. The smallest absolute Gasteiger partial charge is 0.262 e. The third-order valence-electron chi connectivity index (χ3n) is 8.73. The molecule has 0 amide bonds. The molecule has 212 valence electrons. The fraction of sp³-hybridized carbons (Fsp3) is 0.517. The van der Waals surface area contributed by atoms with Crippen LogP contribution in [0.2, 0.25) is 5.02 Å². The number of likely N-dealkylation sites (tertiary alicyclic amines) is 1. The SMILES string of the molecule is CN1CC(F)(F)C[C@H]1COc1cc(N2CC3CCC(C2)N3)c2cnc(-c3cc(O)cc(Cl)c3C3CC3)c(F)c2n1. The first-order valence-corrected chi connectivity index (χ1v) is 14.3. The molecule has 1 aromatic carbocycles. The van der Waals surface area contributed by atoms with Gasteiger partial charge in [0.1, 0.15) is 23.6 Å². The summed E-state index contributed by atoms with van der Waals surface area (Å²) in [7, 11) is 1.65. The Balaban J connectivity index is 1.32. The number of aromatic hydroxyl groups is 1. The van der Waals surface area contributed by atoms with Crippen LogP contribution < -0.4 is 15.0 Å². The van der Waals surface area contributed by atoms with Crippen molar-refractivity contribution < 1.29 is 23.0 Å². The summed E-state index contributed by atoms with van der Waals surface area (Å²) in [5.41, 5.74) is 2.16. The van der Waals surface area contributed by atoms with Gasteiger partial charge in [-0.25, -0.2) is 18.2 Å². The highest BCUT2D eigenvalue weighted by atomic mass is 35.5. The highest BCUT2D eigenvalue weighted by molar-refractivity contribution is 6.32. The van der Waals surface area contributed by atoms with Crippen LogP contribution >= 0.6 is 11.6 Å². The van der Waals surface area contributed by atoms with E-state index in [1.54, 1.807) is 24.2 Å². The zero-order valence-electron chi connectivity index (χ0n) is 22.1. The van der Waals surface area contributed by atoms with Gasteiger partial charge in [-0.1, -0.05) is 11.6 Å². The Bertz CT molecular complexity index is 1470. The molecule has 40 heavy (non-hydrogen) atoms. The second kappa shape index (κ2) is 9.63. The van der Waals surface area contributed by atoms with Gasteiger partial charge in [-0.2, -0.15) is 0 Å². The van der Waals surface area contributed by atoms with E-state index in [1.165, 1.54) is 12.1 Å². The number of hydrogen-bond donors (Lipinski definition) is 2. The third kappa shape index (κ3) is 4.73. The van der Waals surface area contributed by atoms with Crippen molar-refractivity contribution in [3.63, 3.8) is 0 Å². The quantitative estimate of drug-likeness (QED) is 0.413. The molecular weight excluding hydrogens is 543 g/mol. The number of alkyl halides is 2. The predicted octanol–water partition coefficient (Wildman–Crippen LogP) is 5.33. The number of hydrogen-bond acceptors (Lipinski definition) is 7. The number of ether oxygens (including phenoxy) is 1. The maximum atomic E-state index is 16.4. The first kappa shape index (κ1) is 26.1. The van der Waals surface area contributed by atoms with E-state index in [9.17, 15) is 13.9 Å². The summed E-state index contributed by atoms with van der Waals surface area (Å²) in [5.74, 6) is -3.08. The van der Waals surface area contributed by atoms with E-state index >= 15 is 4.39 Å². The minimum Gasteiger partial charge on any atom is -0.508 e. The highest BCUT2D eigenvalue weighted by Gasteiger charge is 2.43. The molecule has 0 radical (unpaired) electrons. The van der Waals surface area contributed by atoms with Gasteiger partial charge >= 0.3 is 0 Å². The van der Waals surface area contributed by atoms with Gasteiger partial charge in [-0.15, -0.1) is 0 Å². The van der Waals surface area contributed by atoms with E-state index < -0.39 is 17.8 Å². The van der Waals surface area contributed by atoms with Crippen LogP contribution in [0.4, 0.5) is 18.9 Å². The minimum absolute atomic E-state index is 0.0182. The lowest BCUT2D eigenvalue weighted by atomic mass is 9.98. The van der Waals surface area contributed by atoms with E-state index in [-0.39, 0.29) is 48.3 Å².